The summed E-state index contributed by atoms with van der Waals surface area (Å²) in [6, 6.07) is 14.1. The van der Waals surface area contributed by atoms with Crippen LogP contribution in [0.15, 0.2) is 48.5 Å². The highest BCUT2D eigenvalue weighted by Crippen LogP contribution is 2.13. The molecule has 0 aromatic heterocycles. The number of halogens is 1. The van der Waals surface area contributed by atoms with Gasteiger partial charge in [-0.15, -0.1) is 0 Å². The number of carbonyl (C=O) groups is 1. The highest BCUT2D eigenvalue weighted by molar-refractivity contribution is 5.78. The van der Waals surface area contributed by atoms with Gasteiger partial charge in [0, 0.05) is 25.7 Å². The predicted octanol–water partition coefficient (Wildman–Crippen LogP) is 2.49. The van der Waals surface area contributed by atoms with Crippen LogP contribution in [0.4, 0.5) is 4.39 Å². The molecule has 0 aliphatic heterocycles. The summed E-state index contributed by atoms with van der Waals surface area (Å²) < 4.78 is 13.6. The molecule has 21 heavy (non-hydrogen) atoms. The van der Waals surface area contributed by atoms with Crippen molar-refractivity contribution in [2.45, 2.75) is 19.5 Å². The van der Waals surface area contributed by atoms with E-state index in [1.165, 1.54) is 11.0 Å². The first-order valence-corrected chi connectivity index (χ1v) is 6.86. The maximum Gasteiger partial charge on any atom is 0.227 e. The van der Waals surface area contributed by atoms with E-state index < -0.39 is 0 Å². The standard InChI is InChI=1S/C17H19FN2O/c1-20(12-15-8-4-5-9-16(15)18)17(21)10-13-6-2-3-7-14(13)11-19/h2-9H,10-12,19H2,1H3. The lowest BCUT2D eigenvalue weighted by molar-refractivity contribution is -0.129. The summed E-state index contributed by atoms with van der Waals surface area (Å²) in [6.07, 6.45) is 0.276. The Morgan fingerprint density at radius 2 is 1.62 bits per heavy atom. The Morgan fingerprint density at radius 1 is 1.05 bits per heavy atom. The summed E-state index contributed by atoms with van der Waals surface area (Å²) in [7, 11) is 1.68. The number of nitrogens with two attached hydrogens (primary N) is 1. The van der Waals surface area contributed by atoms with Crippen LogP contribution < -0.4 is 5.73 Å². The molecule has 0 aliphatic carbocycles. The highest BCUT2D eigenvalue weighted by atomic mass is 19.1. The third-order valence-corrected chi connectivity index (χ3v) is 3.47. The SMILES string of the molecule is CN(Cc1ccccc1F)C(=O)Cc1ccccc1CN. The smallest absolute Gasteiger partial charge is 0.227 e. The van der Waals surface area contributed by atoms with Crippen molar-refractivity contribution in [3.8, 4) is 0 Å². The van der Waals surface area contributed by atoms with Gasteiger partial charge in [0.1, 0.15) is 5.82 Å². The molecule has 110 valence electrons. The van der Waals surface area contributed by atoms with Crippen molar-refractivity contribution in [3.63, 3.8) is 0 Å². The van der Waals surface area contributed by atoms with Gasteiger partial charge in [0.05, 0.1) is 6.42 Å². The zero-order valence-electron chi connectivity index (χ0n) is 12.1. The van der Waals surface area contributed by atoms with Crippen LogP contribution in [0, 0.1) is 5.82 Å². The third kappa shape index (κ3) is 3.89. The second-order valence-corrected chi connectivity index (χ2v) is 4.99. The van der Waals surface area contributed by atoms with Gasteiger partial charge in [-0.25, -0.2) is 4.39 Å². The molecule has 0 radical (unpaired) electrons. The highest BCUT2D eigenvalue weighted by Gasteiger charge is 2.13. The van der Waals surface area contributed by atoms with Crippen LogP contribution in [-0.2, 0) is 24.3 Å². The second-order valence-electron chi connectivity index (χ2n) is 4.99. The zero-order chi connectivity index (χ0) is 15.2. The number of likely N-dealkylation sites (N-methyl/N-ethyl adjacent to an activating group) is 1. The van der Waals surface area contributed by atoms with Crippen molar-refractivity contribution in [3.05, 3.63) is 71.0 Å². The normalized spacial score (nSPS) is 10.4. The first kappa shape index (κ1) is 15.2. The largest absolute Gasteiger partial charge is 0.341 e. The van der Waals surface area contributed by atoms with E-state index in [-0.39, 0.29) is 24.7 Å². The fourth-order valence-corrected chi connectivity index (χ4v) is 2.20. The molecule has 4 heteroatoms. The lowest BCUT2D eigenvalue weighted by Gasteiger charge is -2.18. The van der Waals surface area contributed by atoms with E-state index in [4.69, 9.17) is 5.73 Å². The molecule has 0 saturated heterocycles. The molecule has 1 amide bonds. The number of hydrogen-bond donors (Lipinski definition) is 1. The number of benzene rings is 2. The lowest BCUT2D eigenvalue weighted by atomic mass is 10.0. The quantitative estimate of drug-likeness (QED) is 0.918. The molecule has 3 nitrogen and oxygen atoms in total. The lowest BCUT2D eigenvalue weighted by Crippen LogP contribution is -2.28. The van der Waals surface area contributed by atoms with Crippen molar-refractivity contribution in [1.82, 2.24) is 4.90 Å². The molecular weight excluding hydrogens is 267 g/mol. The molecule has 0 heterocycles. The maximum atomic E-state index is 13.6. The van der Waals surface area contributed by atoms with Crippen LogP contribution in [0.3, 0.4) is 0 Å². The summed E-state index contributed by atoms with van der Waals surface area (Å²) in [5.74, 6) is -0.348. The number of nitrogens with zero attached hydrogens (tertiary/aromatic N) is 1. The van der Waals surface area contributed by atoms with Gasteiger partial charge in [0.15, 0.2) is 0 Å². The average Bonchev–Trinajstić information content (AvgIpc) is 2.50. The first-order valence-electron chi connectivity index (χ1n) is 6.86. The Bertz CT molecular complexity index is 628. The van der Waals surface area contributed by atoms with E-state index in [0.717, 1.165) is 11.1 Å². The van der Waals surface area contributed by atoms with Crippen LogP contribution in [0.25, 0.3) is 0 Å². The molecule has 0 spiro atoms. The molecule has 0 bridgehead atoms. The summed E-state index contributed by atoms with van der Waals surface area (Å²) in [6.45, 7) is 0.663. The molecule has 0 unspecified atom stereocenters. The van der Waals surface area contributed by atoms with Gasteiger partial charge in [-0.05, 0) is 17.2 Å². The van der Waals surface area contributed by atoms with Crippen LogP contribution in [0.5, 0.6) is 0 Å². The Morgan fingerprint density at radius 3 is 2.24 bits per heavy atom. The molecule has 0 saturated carbocycles. The monoisotopic (exact) mass is 286 g/mol. The fraction of sp³-hybridized carbons (Fsp3) is 0.235. The fourth-order valence-electron chi connectivity index (χ4n) is 2.20. The third-order valence-electron chi connectivity index (χ3n) is 3.47. The van der Waals surface area contributed by atoms with Crippen molar-refractivity contribution >= 4 is 5.91 Å². The van der Waals surface area contributed by atoms with Gasteiger partial charge >= 0.3 is 0 Å². The summed E-state index contributed by atoms with van der Waals surface area (Å²) in [4.78, 5) is 13.8. The average molecular weight is 286 g/mol. The Kier molecular flexibility index (Phi) is 5.06. The maximum absolute atomic E-state index is 13.6. The van der Waals surface area contributed by atoms with Gasteiger partial charge in [-0.1, -0.05) is 42.5 Å². The van der Waals surface area contributed by atoms with E-state index in [2.05, 4.69) is 0 Å². The van der Waals surface area contributed by atoms with Crippen molar-refractivity contribution in [1.29, 1.82) is 0 Å². The van der Waals surface area contributed by atoms with Crippen LogP contribution in [-0.4, -0.2) is 17.9 Å². The zero-order valence-corrected chi connectivity index (χ0v) is 12.1. The van der Waals surface area contributed by atoms with Gasteiger partial charge in [0.25, 0.3) is 0 Å². The number of hydrogen-bond acceptors (Lipinski definition) is 2. The Labute approximate surface area is 124 Å². The summed E-state index contributed by atoms with van der Waals surface area (Å²) >= 11 is 0. The van der Waals surface area contributed by atoms with Crippen LogP contribution >= 0.6 is 0 Å². The van der Waals surface area contributed by atoms with Gasteiger partial charge in [0.2, 0.25) is 5.91 Å². The second kappa shape index (κ2) is 6.99. The van der Waals surface area contributed by atoms with Crippen molar-refractivity contribution in [2.24, 2.45) is 5.73 Å². The minimum absolute atomic E-state index is 0.0563. The molecule has 2 aromatic rings. The van der Waals surface area contributed by atoms with Crippen LogP contribution in [0.1, 0.15) is 16.7 Å². The van der Waals surface area contributed by atoms with Crippen molar-refractivity contribution < 1.29 is 9.18 Å². The van der Waals surface area contributed by atoms with Gasteiger partial charge in [-0.2, -0.15) is 0 Å². The van der Waals surface area contributed by atoms with Crippen LogP contribution in [0.2, 0.25) is 0 Å². The molecule has 2 rings (SSSR count). The molecule has 2 aromatic carbocycles. The van der Waals surface area contributed by atoms with Gasteiger partial charge < -0.3 is 10.6 Å². The molecule has 2 N–H and O–H groups in total. The summed E-state index contributed by atoms with van der Waals surface area (Å²) in [5.41, 5.74) is 8.07. The molecule has 0 atom stereocenters. The van der Waals surface area contributed by atoms with E-state index in [1.54, 1.807) is 25.2 Å². The number of rotatable bonds is 5. The molecule has 0 aliphatic rings. The first-order chi connectivity index (χ1) is 10.1. The van der Waals surface area contributed by atoms with Crippen molar-refractivity contribution in [2.75, 3.05) is 7.05 Å². The van der Waals surface area contributed by atoms with E-state index >= 15 is 0 Å². The number of carbonyl (C=O) groups excluding carboxylic acids is 1. The Balaban J connectivity index is 2.05. The summed E-state index contributed by atoms with van der Waals surface area (Å²) in [5, 5.41) is 0. The van der Waals surface area contributed by atoms with E-state index in [9.17, 15) is 9.18 Å². The molecular formula is C17H19FN2O. The predicted molar refractivity (Wildman–Crippen MR) is 80.9 cm³/mol. The minimum atomic E-state index is -0.292. The van der Waals surface area contributed by atoms with E-state index in [0.29, 0.717) is 12.1 Å². The van der Waals surface area contributed by atoms with Gasteiger partial charge in [-0.3, -0.25) is 4.79 Å². The topological polar surface area (TPSA) is 46.3 Å². The number of amides is 1. The Hall–Kier alpha value is -2.20. The minimum Gasteiger partial charge on any atom is -0.341 e. The molecule has 0 fully saturated rings. The van der Waals surface area contributed by atoms with E-state index in [1.807, 2.05) is 24.3 Å².